The molecule has 1 N–H and O–H groups in total. The molecule has 0 aromatic rings. The highest BCUT2D eigenvalue weighted by Gasteiger charge is 2.35. The Kier molecular flexibility index (Phi) is 4.26. The minimum atomic E-state index is -0.0759. The van der Waals surface area contributed by atoms with E-state index < -0.39 is 0 Å². The number of nitrogens with zero attached hydrogens (tertiary/aromatic N) is 1. The van der Waals surface area contributed by atoms with Crippen molar-refractivity contribution < 1.29 is 5.11 Å². The van der Waals surface area contributed by atoms with Crippen LogP contribution in [0.4, 0.5) is 0 Å². The molecule has 2 heteroatoms. The summed E-state index contributed by atoms with van der Waals surface area (Å²) < 4.78 is 0. The van der Waals surface area contributed by atoms with Gasteiger partial charge in [0.2, 0.25) is 0 Å². The molecular weight excluding hydrogens is 198 g/mol. The molecule has 2 rings (SSSR count). The topological polar surface area (TPSA) is 23.5 Å². The average molecular weight is 225 g/mol. The number of likely N-dealkylation sites (tertiary alicyclic amines) is 1. The van der Waals surface area contributed by atoms with Crippen molar-refractivity contribution in [2.45, 2.75) is 77.0 Å². The standard InChI is InChI=1S/C14H27NO/c1-11-9-12(2)15(10-11)13-7-5-3-4-6-8-14(13)16/h11-14,16H,3-10H2,1-2H3. The summed E-state index contributed by atoms with van der Waals surface area (Å²) in [6.45, 7) is 5.86. The van der Waals surface area contributed by atoms with Crippen LogP contribution in [0.1, 0.15) is 58.8 Å². The lowest BCUT2D eigenvalue weighted by molar-refractivity contribution is 0.0267. The van der Waals surface area contributed by atoms with E-state index in [0.717, 1.165) is 12.3 Å². The van der Waals surface area contributed by atoms with Crippen molar-refractivity contribution in [3.8, 4) is 0 Å². The van der Waals surface area contributed by atoms with Crippen molar-refractivity contribution in [1.82, 2.24) is 4.90 Å². The summed E-state index contributed by atoms with van der Waals surface area (Å²) in [5, 5.41) is 10.3. The molecule has 94 valence electrons. The number of hydrogen-bond donors (Lipinski definition) is 1. The summed E-state index contributed by atoms with van der Waals surface area (Å²) in [4.78, 5) is 2.58. The van der Waals surface area contributed by atoms with Crippen LogP contribution in [0, 0.1) is 5.92 Å². The van der Waals surface area contributed by atoms with E-state index in [1.54, 1.807) is 0 Å². The molecule has 0 spiro atoms. The van der Waals surface area contributed by atoms with Crippen LogP contribution in [-0.2, 0) is 0 Å². The molecule has 4 unspecified atom stereocenters. The Labute approximate surface area is 100 Å². The maximum atomic E-state index is 10.3. The Balaban J connectivity index is 1.99. The molecule has 4 atom stereocenters. The van der Waals surface area contributed by atoms with Crippen LogP contribution in [0.3, 0.4) is 0 Å². The van der Waals surface area contributed by atoms with Gasteiger partial charge in [-0.25, -0.2) is 0 Å². The highest BCUT2D eigenvalue weighted by molar-refractivity contribution is 4.89. The Hall–Kier alpha value is -0.0800. The maximum Gasteiger partial charge on any atom is 0.0695 e. The van der Waals surface area contributed by atoms with Gasteiger partial charge in [0.15, 0.2) is 0 Å². The lowest BCUT2D eigenvalue weighted by atomic mass is 9.93. The van der Waals surface area contributed by atoms with Gasteiger partial charge in [-0.3, -0.25) is 4.90 Å². The highest BCUT2D eigenvalue weighted by Crippen LogP contribution is 2.30. The summed E-state index contributed by atoms with van der Waals surface area (Å²) in [6.07, 6.45) is 8.66. The van der Waals surface area contributed by atoms with Gasteiger partial charge in [-0.2, -0.15) is 0 Å². The van der Waals surface area contributed by atoms with Crippen LogP contribution < -0.4 is 0 Å². The predicted molar refractivity (Wildman–Crippen MR) is 67.4 cm³/mol. The second kappa shape index (κ2) is 5.50. The third kappa shape index (κ3) is 2.78. The second-order valence-electron chi connectivity index (χ2n) is 6.01. The molecule has 1 saturated carbocycles. The molecule has 1 heterocycles. The molecule has 0 aromatic heterocycles. The number of rotatable bonds is 1. The normalized spacial score (nSPS) is 42.9. The Morgan fingerprint density at radius 1 is 1.00 bits per heavy atom. The van der Waals surface area contributed by atoms with E-state index >= 15 is 0 Å². The van der Waals surface area contributed by atoms with E-state index in [9.17, 15) is 5.11 Å². The van der Waals surface area contributed by atoms with Gasteiger partial charge < -0.3 is 5.11 Å². The van der Waals surface area contributed by atoms with Crippen molar-refractivity contribution >= 4 is 0 Å². The van der Waals surface area contributed by atoms with Crippen molar-refractivity contribution in [1.29, 1.82) is 0 Å². The van der Waals surface area contributed by atoms with Crippen LogP contribution in [0.5, 0.6) is 0 Å². The van der Waals surface area contributed by atoms with Crippen molar-refractivity contribution in [2.24, 2.45) is 5.92 Å². The molecule has 2 aliphatic rings. The van der Waals surface area contributed by atoms with Gasteiger partial charge in [0.1, 0.15) is 0 Å². The van der Waals surface area contributed by atoms with Crippen LogP contribution >= 0.6 is 0 Å². The minimum Gasteiger partial charge on any atom is -0.391 e. The summed E-state index contributed by atoms with van der Waals surface area (Å²) in [5.41, 5.74) is 0. The summed E-state index contributed by atoms with van der Waals surface area (Å²) >= 11 is 0. The van der Waals surface area contributed by atoms with Crippen LogP contribution in [0.15, 0.2) is 0 Å². The van der Waals surface area contributed by atoms with E-state index in [2.05, 4.69) is 18.7 Å². The zero-order valence-corrected chi connectivity index (χ0v) is 10.9. The Morgan fingerprint density at radius 3 is 2.31 bits per heavy atom. The Morgan fingerprint density at radius 2 is 1.69 bits per heavy atom. The molecule has 2 nitrogen and oxygen atoms in total. The summed E-state index contributed by atoms with van der Waals surface area (Å²) in [6, 6.07) is 1.12. The molecule has 1 aliphatic carbocycles. The first-order chi connectivity index (χ1) is 7.68. The molecule has 16 heavy (non-hydrogen) atoms. The van der Waals surface area contributed by atoms with E-state index in [1.807, 2.05) is 0 Å². The van der Waals surface area contributed by atoms with Gasteiger partial charge in [0.05, 0.1) is 6.10 Å². The fourth-order valence-corrected chi connectivity index (χ4v) is 3.63. The molecule has 0 aromatic carbocycles. The summed E-state index contributed by atoms with van der Waals surface area (Å²) in [5.74, 6) is 0.813. The largest absolute Gasteiger partial charge is 0.391 e. The van der Waals surface area contributed by atoms with E-state index in [1.165, 1.54) is 45.1 Å². The lowest BCUT2D eigenvalue weighted by Gasteiger charge is -2.36. The SMILES string of the molecule is CC1CC(C)N(C2CCCCCCC2O)C1. The smallest absolute Gasteiger partial charge is 0.0695 e. The zero-order valence-electron chi connectivity index (χ0n) is 10.9. The van der Waals surface area contributed by atoms with E-state index in [4.69, 9.17) is 0 Å². The van der Waals surface area contributed by atoms with E-state index in [0.29, 0.717) is 12.1 Å². The molecule has 1 aliphatic heterocycles. The number of hydrogen-bond acceptors (Lipinski definition) is 2. The van der Waals surface area contributed by atoms with Gasteiger partial charge >= 0.3 is 0 Å². The van der Waals surface area contributed by atoms with Crippen LogP contribution in [0.2, 0.25) is 0 Å². The number of aliphatic hydroxyl groups excluding tert-OH is 1. The molecule has 1 saturated heterocycles. The monoisotopic (exact) mass is 225 g/mol. The fourth-order valence-electron chi connectivity index (χ4n) is 3.63. The summed E-state index contributed by atoms with van der Waals surface area (Å²) in [7, 11) is 0. The average Bonchev–Trinajstić information content (AvgIpc) is 2.52. The van der Waals surface area contributed by atoms with Gasteiger partial charge in [-0.1, -0.05) is 32.6 Å². The van der Waals surface area contributed by atoms with Gasteiger partial charge in [0, 0.05) is 18.6 Å². The third-order valence-electron chi connectivity index (χ3n) is 4.45. The first kappa shape index (κ1) is 12.4. The lowest BCUT2D eigenvalue weighted by Crippen LogP contribution is -2.45. The molecular formula is C14H27NO. The van der Waals surface area contributed by atoms with Gasteiger partial charge in [-0.05, 0) is 32.1 Å². The van der Waals surface area contributed by atoms with Crippen LogP contribution in [-0.4, -0.2) is 34.7 Å². The predicted octanol–water partition coefficient (Wildman–Crippen LogP) is 2.80. The first-order valence-corrected chi connectivity index (χ1v) is 7.12. The van der Waals surface area contributed by atoms with E-state index in [-0.39, 0.29) is 6.10 Å². The van der Waals surface area contributed by atoms with Crippen molar-refractivity contribution in [2.75, 3.05) is 6.54 Å². The quantitative estimate of drug-likeness (QED) is 0.742. The van der Waals surface area contributed by atoms with Crippen molar-refractivity contribution in [3.63, 3.8) is 0 Å². The molecule has 0 radical (unpaired) electrons. The highest BCUT2D eigenvalue weighted by atomic mass is 16.3. The first-order valence-electron chi connectivity index (χ1n) is 7.12. The van der Waals surface area contributed by atoms with Gasteiger partial charge in [0.25, 0.3) is 0 Å². The molecule has 0 bridgehead atoms. The zero-order chi connectivity index (χ0) is 11.5. The van der Waals surface area contributed by atoms with Gasteiger partial charge in [-0.15, -0.1) is 0 Å². The second-order valence-corrected chi connectivity index (χ2v) is 6.01. The number of aliphatic hydroxyl groups is 1. The Bertz CT molecular complexity index is 219. The molecule has 2 fully saturated rings. The molecule has 0 amide bonds. The van der Waals surface area contributed by atoms with Crippen molar-refractivity contribution in [3.05, 3.63) is 0 Å². The fraction of sp³-hybridized carbons (Fsp3) is 1.00. The minimum absolute atomic E-state index is 0.0759. The maximum absolute atomic E-state index is 10.3. The van der Waals surface area contributed by atoms with Crippen LogP contribution in [0.25, 0.3) is 0 Å². The third-order valence-corrected chi connectivity index (χ3v) is 4.45.